The van der Waals surface area contributed by atoms with Crippen molar-refractivity contribution < 1.29 is 8.78 Å². The first-order valence-corrected chi connectivity index (χ1v) is 4.44. The van der Waals surface area contributed by atoms with E-state index in [-0.39, 0.29) is 6.54 Å². The monoisotopic (exact) mass is 208 g/mol. The quantitative estimate of drug-likeness (QED) is 0.795. The molecule has 0 amide bonds. The van der Waals surface area contributed by atoms with E-state index in [2.05, 4.69) is 10.2 Å². The predicted molar refractivity (Wildman–Crippen MR) is 46.7 cm³/mol. The maximum atomic E-state index is 11.9. The van der Waals surface area contributed by atoms with Gasteiger partial charge in [0.2, 0.25) is 5.13 Å². The molecule has 0 saturated heterocycles. The summed E-state index contributed by atoms with van der Waals surface area (Å²) < 4.78 is 23.8. The molecule has 0 radical (unpaired) electrons. The zero-order chi connectivity index (χ0) is 9.84. The van der Waals surface area contributed by atoms with Crippen LogP contribution in [-0.4, -0.2) is 35.1 Å². The molecule has 4 nitrogen and oxygen atoms in total. The molecule has 0 aromatic carbocycles. The van der Waals surface area contributed by atoms with Crippen LogP contribution in [0.2, 0.25) is 0 Å². The smallest absolute Gasteiger partial charge is 0.251 e. The van der Waals surface area contributed by atoms with Gasteiger partial charge < -0.3 is 5.73 Å². The highest BCUT2D eigenvalue weighted by molar-refractivity contribution is 7.15. The lowest BCUT2D eigenvalue weighted by Crippen LogP contribution is -2.23. The Hall–Kier alpha value is -0.820. The predicted octanol–water partition coefficient (Wildman–Crippen LogP) is 0.817. The van der Waals surface area contributed by atoms with Crippen molar-refractivity contribution in [1.29, 1.82) is 0 Å². The molecule has 0 saturated carbocycles. The van der Waals surface area contributed by atoms with Crippen molar-refractivity contribution in [3.63, 3.8) is 0 Å². The maximum absolute atomic E-state index is 11.9. The Morgan fingerprint density at radius 2 is 2.23 bits per heavy atom. The fraction of sp³-hybridized carbons (Fsp3) is 0.667. The van der Waals surface area contributed by atoms with Crippen LogP contribution in [0.25, 0.3) is 0 Å². The highest BCUT2D eigenvalue weighted by atomic mass is 32.1. The summed E-state index contributed by atoms with van der Waals surface area (Å²) in [4.78, 5) is 1.48. The molecule has 1 rings (SSSR count). The van der Waals surface area contributed by atoms with E-state index < -0.39 is 6.43 Å². The van der Waals surface area contributed by atoms with Crippen LogP contribution < -0.4 is 5.73 Å². The molecule has 74 valence electrons. The number of anilines is 1. The van der Waals surface area contributed by atoms with Crippen molar-refractivity contribution >= 4 is 16.5 Å². The first-order valence-electron chi connectivity index (χ1n) is 3.62. The molecule has 1 heterocycles. The molecule has 0 aliphatic carbocycles. The molecule has 13 heavy (non-hydrogen) atoms. The normalized spacial score (nSPS) is 11.5. The van der Waals surface area contributed by atoms with Crippen molar-refractivity contribution in [2.24, 2.45) is 0 Å². The van der Waals surface area contributed by atoms with Gasteiger partial charge in [0.15, 0.2) is 0 Å². The van der Waals surface area contributed by atoms with Gasteiger partial charge in [-0.25, -0.2) is 8.78 Å². The standard InChI is InChI=1S/C6H10F2N4S/c1-12(2-4(7)8)3-5-10-11-6(9)13-5/h4H,2-3H2,1H3,(H2,9,11). The van der Waals surface area contributed by atoms with Crippen LogP contribution in [0.3, 0.4) is 0 Å². The van der Waals surface area contributed by atoms with E-state index in [0.29, 0.717) is 16.7 Å². The number of rotatable bonds is 4. The third-order valence-electron chi connectivity index (χ3n) is 1.34. The van der Waals surface area contributed by atoms with Crippen LogP contribution in [0.4, 0.5) is 13.9 Å². The lowest BCUT2D eigenvalue weighted by atomic mass is 10.5. The molecule has 0 atom stereocenters. The first kappa shape index (κ1) is 10.3. The van der Waals surface area contributed by atoms with Gasteiger partial charge >= 0.3 is 0 Å². The Labute approximate surface area is 78.4 Å². The van der Waals surface area contributed by atoms with Crippen LogP contribution in [0.5, 0.6) is 0 Å². The van der Waals surface area contributed by atoms with Gasteiger partial charge in [-0.15, -0.1) is 10.2 Å². The summed E-state index contributed by atoms with van der Waals surface area (Å²) in [5, 5.41) is 8.32. The average Bonchev–Trinajstić information content (AvgIpc) is 2.33. The molecule has 0 aliphatic heterocycles. The molecule has 0 bridgehead atoms. The lowest BCUT2D eigenvalue weighted by Gasteiger charge is -2.12. The summed E-state index contributed by atoms with van der Waals surface area (Å²) >= 11 is 1.21. The number of aromatic nitrogens is 2. The third-order valence-corrected chi connectivity index (χ3v) is 2.07. The third kappa shape index (κ3) is 3.60. The van der Waals surface area contributed by atoms with E-state index in [9.17, 15) is 8.78 Å². The summed E-state index contributed by atoms with van der Waals surface area (Å²) in [6, 6.07) is 0. The molecule has 0 aliphatic rings. The Bertz CT molecular complexity index is 265. The summed E-state index contributed by atoms with van der Waals surface area (Å²) in [7, 11) is 1.60. The molecule has 0 unspecified atom stereocenters. The fourth-order valence-corrected chi connectivity index (χ4v) is 1.55. The Kier molecular flexibility index (Phi) is 3.49. The first-order chi connectivity index (χ1) is 6.08. The Balaban J connectivity index is 2.40. The van der Waals surface area contributed by atoms with Crippen molar-refractivity contribution in [3.05, 3.63) is 5.01 Å². The SMILES string of the molecule is CN(Cc1nnc(N)s1)CC(F)F. The molecule has 2 N–H and O–H groups in total. The average molecular weight is 208 g/mol. The minimum Gasteiger partial charge on any atom is -0.374 e. The van der Waals surface area contributed by atoms with Gasteiger partial charge in [-0.3, -0.25) is 4.90 Å². The van der Waals surface area contributed by atoms with E-state index in [1.54, 1.807) is 7.05 Å². The van der Waals surface area contributed by atoms with Gasteiger partial charge in [0, 0.05) is 0 Å². The molecular weight excluding hydrogens is 198 g/mol. The second kappa shape index (κ2) is 4.43. The van der Waals surface area contributed by atoms with Crippen LogP contribution in [0.15, 0.2) is 0 Å². The number of hydrogen-bond donors (Lipinski definition) is 1. The minimum atomic E-state index is -2.32. The van der Waals surface area contributed by atoms with Crippen molar-refractivity contribution in [1.82, 2.24) is 15.1 Å². The summed E-state index contributed by atoms with van der Waals surface area (Å²) in [5.74, 6) is 0. The molecule has 1 aromatic rings. The highest BCUT2D eigenvalue weighted by Gasteiger charge is 2.10. The lowest BCUT2D eigenvalue weighted by molar-refractivity contribution is 0.0974. The minimum absolute atomic E-state index is 0.264. The molecule has 0 spiro atoms. The van der Waals surface area contributed by atoms with Gasteiger partial charge in [-0.2, -0.15) is 0 Å². The van der Waals surface area contributed by atoms with Crippen molar-refractivity contribution in [2.45, 2.75) is 13.0 Å². The number of nitrogens with zero attached hydrogens (tertiary/aromatic N) is 3. The fourth-order valence-electron chi connectivity index (χ4n) is 0.862. The van der Waals surface area contributed by atoms with Gasteiger partial charge in [-0.05, 0) is 7.05 Å². The summed E-state index contributed by atoms with van der Waals surface area (Å²) in [5.41, 5.74) is 5.33. The number of nitrogens with two attached hydrogens (primary N) is 1. The summed E-state index contributed by atoms with van der Waals surface area (Å²) in [6.07, 6.45) is -2.32. The molecule has 0 fully saturated rings. The molecule has 7 heteroatoms. The molecule has 1 aromatic heterocycles. The number of halogens is 2. The second-order valence-corrected chi connectivity index (χ2v) is 3.72. The van der Waals surface area contributed by atoms with E-state index in [1.165, 1.54) is 16.2 Å². The van der Waals surface area contributed by atoms with Gasteiger partial charge in [0.1, 0.15) is 5.01 Å². The number of nitrogen functional groups attached to an aromatic ring is 1. The second-order valence-electron chi connectivity index (χ2n) is 2.62. The number of alkyl halides is 2. The van der Waals surface area contributed by atoms with E-state index in [4.69, 9.17) is 5.73 Å². The van der Waals surface area contributed by atoms with Crippen LogP contribution in [0, 0.1) is 0 Å². The highest BCUT2D eigenvalue weighted by Crippen LogP contribution is 2.12. The zero-order valence-electron chi connectivity index (χ0n) is 7.07. The van der Waals surface area contributed by atoms with Gasteiger partial charge in [0.05, 0.1) is 13.1 Å². The van der Waals surface area contributed by atoms with Crippen LogP contribution in [-0.2, 0) is 6.54 Å². The van der Waals surface area contributed by atoms with Crippen LogP contribution >= 0.6 is 11.3 Å². The summed E-state index contributed by atoms with van der Waals surface area (Å²) in [6.45, 7) is 0.0959. The van der Waals surface area contributed by atoms with Crippen LogP contribution in [0.1, 0.15) is 5.01 Å². The zero-order valence-corrected chi connectivity index (χ0v) is 7.89. The maximum Gasteiger partial charge on any atom is 0.251 e. The van der Waals surface area contributed by atoms with E-state index in [0.717, 1.165) is 0 Å². The Morgan fingerprint density at radius 3 is 2.69 bits per heavy atom. The molecular formula is C6H10F2N4S. The van der Waals surface area contributed by atoms with E-state index >= 15 is 0 Å². The van der Waals surface area contributed by atoms with Gasteiger partial charge in [-0.1, -0.05) is 11.3 Å². The topological polar surface area (TPSA) is 55.0 Å². The number of hydrogen-bond acceptors (Lipinski definition) is 5. The van der Waals surface area contributed by atoms with Crippen molar-refractivity contribution in [3.8, 4) is 0 Å². The largest absolute Gasteiger partial charge is 0.374 e. The van der Waals surface area contributed by atoms with Crippen molar-refractivity contribution in [2.75, 3.05) is 19.3 Å². The Morgan fingerprint density at radius 1 is 1.54 bits per heavy atom. The van der Waals surface area contributed by atoms with Gasteiger partial charge in [0.25, 0.3) is 6.43 Å². The van der Waals surface area contributed by atoms with E-state index in [1.807, 2.05) is 0 Å².